The van der Waals surface area contributed by atoms with Crippen LogP contribution in [0.15, 0.2) is 34.2 Å². The zero-order chi connectivity index (χ0) is 13.5. The van der Waals surface area contributed by atoms with Crippen LogP contribution < -0.4 is 0 Å². The summed E-state index contributed by atoms with van der Waals surface area (Å²) in [5.41, 5.74) is 2.43. The van der Waals surface area contributed by atoms with E-state index in [4.69, 9.17) is 0 Å². The lowest BCUT2D eigenvalue weighted by Crippen LogP contribution is -1.90. The van der Waals surface area contributed by atoms with Gasteiger partial charge in [-0.1, -0.05) is 38.7 Å². The van der Waals surface area contributed by atoms with Crippen LogP contribution in [0.4, 0.5) is 0 Å². The minimum absolute atomic E-state index is 1.11. The third-order valence-corrected chi connectivity index (χ3v) is 4.89. The number of hydrogen-bond donors (Lipinski definition) is 0. The van der Waals surface area contributed by atoms with Crippen LogP contribution in [0.2, 0.25) is 0 Å². The number of nitrogens with zero attached hydrogens (tertiary/aromatic N) is 1. The summed E-state index contributed by atoms with van der Waals surface area (Å²) in [6, 6.07) is 8.58. The van der Waals surface area contributed by atoms with E-state index in [2.05, 4.69) is 52.1 Å². The Morgan fingerprint density at radius 1 is 1.05 bits per heavy atom. The topological polar surface area (TPSA) is 12.9 Å². The van der Waals surface area contributed by atoms with Crippen LogP contribution in [0.5, 0.6) is 0 Å². The van der Waals surface area contributed by atoms with Gasteiger partial charge in [0.05, 0.1) is 3.79 Å². The molecule has 0 spiro atoms. The van der Waals surface area contributed by atoms with Gasteiger partial charge in [0.1, 0.15) is 0 Å². The van der Waals surface area contributed by atoms with Crippen molar-refractivity contribution in [3.05, 3.63) is 39.9 Å². The van der Waals surface area contributed by atoms with Gasteiger partial charge in [0.2, 0.25) is 0 Å². The maximum absolute atomic E-state index is 4.57. The van der Waals surface area contributed by atoms with Crippen LogP contribution in [0.1, 0.15) is 44.7 Å². The summed E-state index contributed by atoms with van der Waals surface area (Å²) in [7, 11) is 0. The molecule has 2 aromatic heterocycles. The molecule has 2 heterocycles. The van der Waals surface area contributed by atoms with Crippen molar-refractivity contribution in [2.45, 2.75) is 45.4 Å². The lowest BCUT2D eigenvalue weighted by atomic mass is 10.1. The van der Waals surface area contributed by atoms with Crippen LogP contribution in [-0.4, -0.2) is 4.98 Å². The van der Waals surface area contributed by atoms with Crippen molar-refractivity contribution in [1.29, 1.82) is 0 Å². The molecule has 3 heteroatoms. The smallest absolute Gasteiger partial charge is 0.0705 e. The van der Waals surface area contributed by atoms with E-state index in [0.29, 0.717) is 0 Å². The number of hydrogen-bond acceptors (Lipinski definition) is 2. The van der Waals surface area contributed by atoms with Crippen molar-refractivity contribution in [2.75, 3.05) is 0 Å². The number of aromatic nitrogens is 1. The fraction of sp³-hybridized carbons (Fsp3) is 0.438. The summed E-state index contributed by atoms with van der Waals surface area (Å²) in [6.07, 6.45) is 9.73. The van der Waals surface area contributed by atoms with Crippen molar-refractivity contribution in [2.24, 2.45) is 0 Å². The van der Waals surface area contributed by atoms with E-state index in [1.807, 2.05) is 6.20 Å². The van der Waals surface area contributed by atoms with Gasteiger partial charge >= 0.3 is 0 Å². The van der Waals surface area contributed by atoms with Gasteiger partial charge in [-0.3, -0.25) is 4.98 Å². The Morgan fingerprint density at radius 3 is 2.53 bits per heavy atom. The van der Waals surface area contributed by atoms with Gasteiger partial charge in [-0.2, -0.15) is 0 Å². The molecule has 0 aliphatic carbocycles. The van der Waals surface area contributed by atoms with Crippen LogP contribution in [0, 0.1) is 0 Å². The molecule has 0 aromatic carbocycles. The third kappa shape index (κ3) is 4.73. The first-order valence-electron chi connectivity index (χ1n) is 7.00. The number of rotatable bonds is 7. The van der Waals surface area contributed by atoms with E-state index in [0.717, 1.165) is 6.42 Å². The van der Waals surface area contributed by atoms with E-state index < -0.39 is 0 Å². The molecule has 2 aromatic rings. The maximum atomic E-state index is 4.57. The molecule has 102 valence electrons. The van der Waals surface area contributed by atoms with E-state index in [9.17, 15) is 0 Å². The molecule has 0 saturated carbocycles. The molecule has 0 aliphatic rings. The Bertz CT molecular complexity index is 490. The Kier molecular flexibility index (Phi) is 6.05. The molecule has 0 radical (unpaired) electrons. The predicted molar refractivity (Wildman–Crippen MR) is 87.7 cm³/mol. The highest BCUT2D eigenvalue weighted by atomic mass is 79.9. The number of thiophene rings is 1. The maximum Gasteiger partial charge on any atom is 0.0705 e. The molecule has 0 saturated heterocycles. The zero-order valence-corrected chi connectivity index (χ0v) is 13.8. The van der Waals surface area contributed by atoms with Gasteiger partial charge in [0, 0.05) is 22.3 Å². The van der Waals surface area contributed by atoms with Crippen molar-refractivity contribution >= 4 is 27.3 Å². The molecule has 2 rings (SSSR count). The van der Waals surface area contributed by atoms with Gasteiger partial charge in [0.15, 0.2) is 0 Å². The number of aryl methyl sites for hydroxylation is 1. The van der Waals surface area contributed by atoms with Crippen LogP contribution in [0.3, 0.4) is 0 Å². The highest BCUT2D eigenvalue weighted by Gasteiger charge is 2.02. The third-order valence-electron chi connectivity index (χ3n) is 3.22. The van der Waals surface area contributed by atoms with Crippen molar-refractivity contribution in [3.8, 4) is 10.4 Å². The molecular weight excluding hydrogens is 318 g/mol. The Labute approximate surface area is 128 Å². The molecule has 1 nitrogen and oxygen atoms in total. The zero-order valence-electron chi connectivity index (χ0n) is 11.4. The number of pyridine rings is 1. The van der Waals surface area contributed by atoms with Crippen LogP contribution in [-0.2, 0) is 6.42 Å². The van der Waals surface area contributed by atoms with Gasteiger partial charge in [0.25, 0.3) is 0 Å². The fourth-order valence-electron chi connectivity index (χ4n) is 2.10. The molecule has 0 atom stereocenters. The molecule has 0 N–H and O–H groups in total. The van der Waals surface area contributed by atoms with E-state index in [-0.39, 0.29) is 0 Å². The molecule has 19 heavy (non-hydrogen) atoms. The molecule has 0 fully saturated rings. The molecule has 0 aliphatic heterocycles. The van der Waals surface area contributed by atoms with E-state index in [1.165, 1.54) is 52.0 Å². The number of unbranched alkanes of at least 4 members (excludes halogenated alkanes) is 4. The highest BCUT2D eigenvalue weighted by molar-refractivity contribution is 9.11. The van der Waals surface area contributed by atoms with Gasteiger partial charge in [-0.25, -0.2) is 0 Å². The van der Waals surface area contributed by atoms with Gasteiger partial charge < -0.3 is 0 Å². The normalized spacial score (nSPS) is 10.8. The van der Waals surface area contributed by atoms with Gasteiger partial charge in [-0.05, 0) is 47.0 Å². The van der Waals surface area contributed by atoms with Crippen molar-refractivity contribution < 1.29 is 0 Å². The summed E-state index contributed by atoms with van der Waals surface area (Å²) in [5, 5.41) is 0. The van der Waals surface area contributed by atoms with E-state index >= 15 is 0 Å². The lowest BCUT2D eigenvalue weighted by molar-refractivity contribution is 0.628. The SMILES string of the molecule is CCCCCCCc1ccc(-c2ccc(Br)s2)cn1. The fourth-order valence-corrected chi connectivity index (χ4v) is 3.47. The van der Waals surface area contributed by atoms with Gasteiger partial charge in [-0.15, -0.1) is 11.3 Å². The Hall–Kier alpha value is -0.670. The second kappa shape index (κ2) is 7.81. The van der Waals surface area contributed by atoms with Crippen molar-refractivity contribution in [1.82, 2.24) is 4.98 Å². The van der Waals surface area contributed by atoms with E-state index in [1.54, 1.807) is 11.3 Å². The predicted octanol–water partition coefficient (Wildman–Crippen LogP) is 6.09. The summed E-state index contributed by atoms with van der Waals surface area (Å²) in [5.74, 6) is 0. The average Bonchev–Trinajstić information content (AvgIpc) is 2.86. The Balaban J connectivity index is 1.85. The second-order valence-corrected chi connectivity index (χ2v) is 7.27. The summed E-state index contributed by atoms with van der Waals surface area (Å²) in [4.78, 5) is 5.85. The Morgan fingerprint density at radius 2 is 1.89 bits per heavy atom. The first-order valence-corrected chi connectivity index (χ1v) is 8.61. The minimum atomic E-state index is 1.11. The summed E-state index contributed by atoms with van der Waals surface area (Å²) in [6.45, 7) is 2.25. The largest absolute Gasteiger partial charge is 0.261 e. The monoisotopic (exact) mass is 337 g/mol. The lowest BCUT2D eigenvalue weighted by Gasteiger charge is -2.02. The molecular formula is C16H20BrNS. The van der Waals surface area contributed by atoms with Crippen molar-refractivity contribution in [3.63, 3.8) is 0 Å². The molecule has 0 unspecified atom stereocenters. The van der Waals surface area contributed by atoms with Crippen LogP contribution >= 0.6 is 27.3 Å². The highest BCUT2D eigenvalue weighted by Crippen LogP contribution is 2.30. The molecule has 0 bridgehead atoms. The second-order valence-electron chi connectivity index (χ2n) is 4.81. The first-order chi connectivity index (χ1) is 9.29. The number of halogens is 1. The summed E-state index contributed by atoms with van der Waals surface area (Å²) < 4.78 is 1.17. The minimum Gasteiger partial charge on any atom is -0.261 e. The quantitative estimate of drug-likeness (QED) is 0.557. The summed E-state index contributed by atoms with van der Waals surface area (Å²) >= 11 is 5.25. The molecule has 0 amide bonds. The first kappa shape index (κ1) is 14.7. The average molecular weight is 338 g/mol. The standard InChI is InChI=1S/C16H20BrNS/c1-2-3-4-5-6-7-14-9-8-13(12-18-14)15-10-11-16(17)19-15/h8-12H,2-7H2,1H3. The van der Waals surface area contributed by atoms with Crippen LogP contribution in [0.25, 0.3) is 10.4 Å².